The molecular formula is C12H21N5O2S. The normalized spacial score (nSPS) is 16.9. The molecule has 1 saturated heterocycles. The third-order valence-electron chi connectivity index (χ3n) is 3.46. The SMILES string of the molecule is CC(C)N1CCN(c2nnc(SCC(=O)O)n2C)CC1. The summed E-state index contributed by atoms with van der Waals surface area (Å²) >= 11 is 1.20. The van der Waals surface area contributed by atoms with Crippen LogP contribution < -0.4 is 4.90 Å². The molecule has 1 aliphatic heterocycles. The molecule has 0 amide bonds. The maximum Gasteiger partial charge on any atom is 0.313 e. The second-order valence-corrected chi connectivity index (χ2v) is 6.08. The maximum atomic E-state index is 10.6. The lowest BCUT2D eigenvalue weighted by Crippen LogP contribution is -2.49. The number of anilines is 1. The molecule has 2 rings (SSSR count). The zero-order valence-corrected chi connectivity index (χ0v) is 12.9. The molecule has 0 bridgehead atoms. The Hall–Kier alpha value is -1.28. The van der Waals surface area contributed by atoms with E-state index in [0.29, 0.717) is 11.2 Å². The number of carbonyl (C=O) groups is 1. The number of piperazine rings is 1. The fourth-order valence-electron chi connectivity index (χ4n) is 2.27. The van der Waals surface area contributed by atoms with Gasteiger partial charge in [-0.2, -0.15) is 0 Å². The molecule has 0 saturated carbocycles. The van der Waals surface area contributed by atoms with E-state index in [-0.39, 0.29) is 5.75 Å². The first-order valence-corrected chi connectivity index (χ1v) is 7.70. The van der Waals surface area contributed by atoms with Gasteiger partial charge in [-0.15, -0.1) is 10.2 Å². The number of rotatable bonds is 5. The summed E-state index contributed by atoms with van der Waals surface area (Å²) < 4.78 is 1.87. The number of nitrogens with zero attached hydrogens (tertiary/aromatic N) is 5. The van der Waals surface area contributed by atoms with Gasteiger partial charge >= 0.3 is 5.97 Å². The Morgan fingerprint density at radius 2 is 1.95 bits per heavy atom. The van der Waals surface area contributed by atoms with Crippen molar-refractivity contribution in [3.8, 4) is 0 Å². The average molecular weight is 299 g/mol. The van der Waals surface area contributed by atoms with Crippen molar-refractivity contribution in [3.05, 3.63) is 0 Å². The molecule has 112 valence electrons. The molecule has 0 atom stereocenters. The first-order chi connectivity index (χ1) is 9.49. The van der Waals surface area contributed by atoms with E-state index in [9.17, 15) is 4.79 Å². The van der Waals surface area contributed by atoms with Crippen molar-refractivity contribution < 1.29 is 9.90 Å². The molecule has 8 heteroatoms. The van der Waals surface area contributed by atoms with Crippen LogP contribution in [0.4, 0.5) is 5.95 Å². The molecule has 1 aliphatic rings. The van der Waals surface area contributed by atoms with Crippen LogP contribution in [-0.4, -0.2) is 68.7 Å². The van der Waals surface area contributed by atoms with Crippen molar-refractivity contribution >= 4 is 23.7 Å². The minimum Gasteiger partial charge on any atom is -0.481 e. The number of carboxylic acid groups (broad SMARTS) is 1. The zero-order valence-electron chi connectivity index (χ0n) is 12.1. The van der Waals surface area contributed by atoms with Gasteiger partial charge in [0.05, 0.1) is 5.75 Å². The van der Waals surface area contributed by atoms with Crippen LogP contribution in [0.3, 0.4) is 0 Å². The molecule has 0 radical (unpaired) electrons. The molecule has 1 N–H and O–H groups in total. The Morgan fingerprint density at radius 1 is 1.30 bits per heavy atom. The molecule has 0 unspecified atom stereocenters. The summed E-state index contributed by atoms with van der Waals surface area (Å²) in [6.45, 7) is 8.29. The van der Waals surface area contributed by atoms with Crippen molar-refractivity contribution in [2.24, 2.45) is 7.05 Å². The van der Waals surface area contributed by atoms with E-state index in [1.165, 1.54) is 11.8 Å². The van der Waals surface area contributed by atoms with Crippen LogP contribution in [0.15, 0.2) is 5.16 Å². The highest BCUT2D eigenvalue weighted by atomic mass is 32.2. The highest BCUT2D eigenvalue weighted by Crippen LogP contribution is 2.21. The van der Waals surface area contributed by atoms with Crippen LogP contribution in [-0.2, 0) is 11.8 Å². The first-order valence-electron chi connectivity index (χ1n) is 6.72. The molecule has 7 nitrogen and oxygen atoms in total. The van der Waals surface area contributed by atoms with Gasteiger partial charge < -0.3 is 10.0 Å². The van der Waals surface area contributed by atoms with Crippen LogP contribution in [0.5, 0.6) is 0 Å². The topological polar surface area (TPSA) is 74.5 Å². The number of aliphatic carboxylic acids is 1. The Kier molecular flexibility index (Phi) is 4.87. The van der Waals surface area contributed by atoms with Crippen LogP contribution >= 0.6 is 11.8 Å². The van der Waals surface area contributed by atoms with E-state index < -0.39 is 5.97 Å². The summed E-state index contributed by atoms with van der Waals surface area (Å²) in [6.07, 6.45) is 0. The van der Waals surface area contributed by atoms with E-state index >= 15 is 0 Å². The molecule has 0 aromatic carbocycles. The van der Waals surface area contributed by atoms with E-state index in [0.717, 1.165) is 32.1 Å². The first kappa shape index (κ1) is 15.1. The number of hydrogen-bond acceptors (Lipinski definition) is 6. The number of thioether (sulfide) groups is 1. The molecule has 1 fully saturated rings. The van der Waals surface area contributed by atoms with E-state index in [1.807, 2.05) is 11.6 Å². The van der Waals surface area contributed by atoms with E-state index in [2.05, 4.69) is 33.8 Å². The van der Waals surface area contributed by atoms with Crippen molar-refractivity contribution in [2.75, 3.05) is 36.8 Å². The van der Waals surface area contributed by atoms with Crippen LogP contribution in [0.2, 0.25) is 0 Å². The van der Waals surface area contributed by atoms with Gasteiger partial charge in [0.15, 0.2) is 5.16 Å². The minimum absolute atomic E-state index is 0.00704. The quantitative estimate of drug-likeness (QED) is 0.795. The number of aromatic nitrogens is 3. The fraction of sp³-hybridized carbons (Fsp3) is 0.750. The average Bonchev–Trinajstić information content (AvgIpc) is 2.78. The summed E-state index contributed by atoms with van der Waals surface area (Å²) in [5.74, 6) is -0.0148. The minimum atomic E-state index is -0.843. The summed E-state index contributed by atoms with van der Waals surface area (Å²) in [5, 5.41) is 17.6. The number of carboxylic acids is 1. The highest BCUT2D eigenvalue weighted by molar-refractivity contribution is 7.99. The van der Waals surface area contributed by atoms with Gasteiger partial charge in [-0.05, 0) is 13.8 Å². The molecule has 1 aromatic heterocycles. The van der Waals surface area contributed by atoms with Crippen LogP contribution in [0.25, 0.3) is 0 Å². The monoisotopic (exact) mass is 299 g/mol. The Morgan fingerprint density at radius 3 is 2.50 bits per heavy atom. The second kappa shape index (κ2) is 6.45. The highest BCUT2D eigenvalue weighted by Gasteiger charge is 2.23. The summed E-state index contributed by atoms with van der Waals surface area (Å²) in [7, 11) is 1.88. The van der Waals surface area contributed by atoms with Gasteiger partial charge in [-0.1, -0.05) is 11.8 Å². The summed E-state index contributed by atoms with van der Waals surface area (Å²) in [4.78, 5) is 15.2. The molecule has 20 heavy (non-hydrogen) atoms. The van der Waals surface area contributed by atoms with Gasteiger partial charge in [0.2, 0.25) is 5.95 Å². The van der Waals surface area contributed by atoms with E-state index in [4.69, 9.17) is 5.11 Å². The lowest BCUT2D eigenvalue weighted by Gasteiger charge is -2.37. The zero-order chi connectivity index (χ0) is 14.7. The maximum absolute atomic E-state index is 10.6. The summed E-state index contributed by atoms with van der Waals surface area (Å²) in [5.41, 5.74) is 0. The van der Waals surface area contributed by atoms with E-state index in [1.54, 1.807) is 0 Å². The van der Waals surface area contributed by atoms with Gasteiger partial charge in [0.25, 0.3) is 0 Å². The van der Waals surface area contributed by atoms with Gasteiger partial charge in [-0.25, -0.2) is 0 Å². The fourth-order valence-corrected chi connectivity index (χ4v) is 2.90. The lowest BCUT2D eigenvalue weighted by atomic mass is 10.2. The molecule has 1 aromatic rings. The smallest absolute Gasteiger partial charge is 0.313 e. The third kappa shape index (κ3) is 3.43. The standard InChI is InChI=1S/C12H21N5O2S/c1-9(2)16-4-6-17(7-5-16)11-13-14-12(15(11)3)20-8-10(18)19/h9H,4-8H2,1-3H3,(H,18,19). The largest absolute Gasteiger partial charge is 0.481 e. The van der Waals surface area contributed by atoms with Crippen LogP contribution in [0.1, 0.15) is 13.8 Å². The molecule has 0 aliphatic carbocycles. The van der Waals surface area contributed by atoms with Gasteiger partial charge in [0.1, 0.15) is 0 Å². The third-order valence-corrected chi connectivity index (χ3v) is 4.47. The summed E-state index contributed by atoms with van der Waals surface area (Å²) in [6, 6.07) is 0.568. The Balaban J connectivity index is 1.98. The van der Waals surface area contributed by atoms with Crippen molar-refractivity contribution in [1.29, 1.82) is 0 Å². The molecular weight excluding hydrogens is 278 g/mol. The molecule has 0 spiro atoms. The predicted molar refractivity (Wildman–Crippen MR) is 78.3 cm³/mol. The van der Waals surface area contributed by atoms with Crippen molar-refractivity contribution in [2.45, 2.75) is 25.0 Å². The van der Waals surface area contributed by atoms with Gasteiger partial charge in [-0.3, -0.25) is 14.3 Å². The lowest BCUT2D eigenvalue weighted by molar-refractivity contribution is -0.133. The van der Waals surface area contributed by atoms with Gasteiger partial charge in [0, 0.05) is 39.3 Å². The Labute approximate surface area is 123 Å². The predicted octanol–water partition coefficient (Wildman–Crippen LogP) is 0.522. The van der Waals surface area contributed by atoms with Crippen molar-refractivity contribution in [3.63, 3.8) is 0 Å². The van der Waals surface area contributed by atoms with Crippen molar-refractivity contribution in [1.82, 2.24) is 19.7 Å². The Bertz CT molecular complexity index is 468. The van der Waals surface area contributed by atoms with Crippen LogP contribution in [0, 0.1) is 0 Å². The number of hydrogen-bond donors (Lipinski definition) is 1. The second-order valence-electron chi connectivity index (χ2n) is 5.14. The molecule has 2 heterocycles.